The van der Waals surface area contributed by atoms with E-state index < -0.39 is 16.6 Å². The van der Waals surface area contributed by atoms with Crippen molar-refractivity contribution in [2.75, 3.05) is 52.2 Å². The van der Waals surface area contributed by atoms with Crippen LogP contribution >= 0.6 is 0 Å². The lowest BCUT2D eigenvalue weighted by Gasteiger charge is -2.41. The van der Waals surface area contributed by atoms with Gasteiger partial charge in [-0.3, -0.25) is 9.52 Å². The first-order chi connectivity index (χ1) is 16.4. The standard InChI is InChI=1S/C24H31N5O4S/c30-13-14-34(32,33)28-18-6-7-19-20(15-18)29-12-10-24(8-9-24)17(16-29)3-2-11-25-21-4-1-5-22(26-21)27-23(19)31/h1,4-7,15,17,28,30H,2-3,8-14,16H2,(H2,25,26,27,31). The Hall–Kier alpha value is -2.85. The second kappa shape index (κ2) is 9.07. The van der Waals surface area contributed by atoms with E-state index in [9.17, 15) is 13.2 Å². The molecule has 3 aliphatic rings. The van der Waals surface area contributed by atoms with Gasteiger partial charge >= 0.3 is 0 Å². The van der Waals surface area contributed by atoms with Crippen LogP contribution in [0.3, 0.4) is 0 Å². The normalized spacial score (nSPS) is 21.6. The quantitative estimate of drug-likeness (QED) is 0.525. The molecule has 2 aliphatic heterocycles. The molecule has 4 bridgehead atoms. The number of rotatable bonds is 4. The molecule has 34 heavy (non-hydrogen) atoms. The van der Waals surface area contributed by atoms with Crippen LogP contribution in [0.4, 0.5) is 23.0 Å². The van der Waals surface area contributed by atoms with Crippen LogP contribution in [0.1, 0.15) is 42.5 Å². The minimum atomic E-state index is -3.67. The minimum Gasteiger partial charge on any atom is -0.395 e. The molecule has 1 aromatic heterocycles. The maximum atomic E-state index is 13.3. The lowest BCUT2D eigenvalue weighted by atomic mass is 9.79. The van der Waals surface area contributed by atoms with Crippen molar-refractivity contribution in [3.63, 3.8) is 0 Å². The molecule has 1 amide bonds. The lowest BCUT2D eigenvalue weighted by molar-refractivity contribution is 0.102. The Morgan fingerprint density at radius 3 is 2.79 bits per heavy atom. The van der Waals surface area contributed by atoms with Gasteiger partial charge in [-0.25, -0.2) is 13.4 Å². The molecule has 1 aliphatic carbocycles. The van der Waals surface area contributed by atoms with Gasteiger partial charge in [-0.2, -0.15) is 0 Å². The molecule has 3 heterocycles. The molecule has 9 nitrogen and oxygen atoms in total. The van der Waals surface area contributed by atoms with Gasteiger partial charge < -0.3 is 20.6 Å². The monoisotopic (exact) mass is 485 g/mol. The summed E-state index contributed by atoms with van der Waals surface area (Å²) in [6.07, 6.45) is 5.72. The smallest absolute Gasteiger partial charge is 0.258 e. The summed E-state index contributed by atoms with van der Waals surface area (Å²) in [5.41, 5.74) is 1.99. The van der Waals surface area contributed by atoms with E-state index >= 15 is 0 Å². The Morgan fingerprint density at radius 2 is 2.00 bits per heavy atom. The van der Waals surface area contributed by atoms with E-state index in [0.29, 0.717) is 34.1 Å². The topological polar surface area (TPSA) is 124 Å². The molecule has 5 rings (SSSR count). The fourth-order valence-corrected chi connectivity index (χ4v) is 6.13. The predicted molar refractivity (Wildman–Crippen MR) is 133 cm³/mol. The number of aliphatic hydroxyl groups excluding tert-OH is 1. The number of nitrogens with zero attached hydrogens (tertiary/aromatic N) is 2. The Kier molecular flexibility index (Phi) is 6.11. The highest BCUT2D eigenvalue weighted by molar-refractivity contribution is 7.92. The largest absolute Gasteiger partial charge is 0.395 e. The van der Waals surface area contributed by atoms with Crippen molar-refractivity contribution < 1.29 is 18.3 Å². The highest BCUT2D eigenvalue weighted by Gasteiger charge is 2.51. The number of carbonyl (C=O) groups excluding carboxylic acids is 1. The summed E-state index contributed by atoms with van der Waals surface area (Å²) in [5, 5.41) is 15.3. The molecule has 2 aromatic rings. The average molecular weight is 486 g/mol. The number of hydrogen-bond donors (Lipinski definition) is 4. The third-order valence-electron chi connectivity index (χ3n) is 7.32. The van der Waals surface area contributed by atoms with E-state index in [-0.39, 0.29) is 11.7 Å². The van der Waals surface area contributed by atoms with Crippen molar-refractivity contribution in [2.24, 2.45) is 11.3 Å². The third kappa shape index (κ3) is 4.83. The summed E-state index contributed by atoms with van der Waals surface area (Å²) >= 11 is 0. The van der Waals surface area contributed by atoms with E-state index in [1.165, 1.54) is 12.8 Å². The van der Waals surface area contributed by atoms with Gasteiger partial charge in [0, 0.05) is 19.6 Å². The van der Waals surface area contributed by atoms with E-state index in [0.717, 1.165) is 44.7 Å². The zero-order valence-electron chi connectivity index (χ0n) is 19.1. The number of carbonyl (C=O) groups is 1. The van der Waals surface area contributed by atoms with Gasteiger partial charge in [0.05, 0.1) is 29.3 Å². The number of aromatic nitrogens is 1. The fourth-order valence-electron chi connectivity index (χ4n) is 5.30. The zero-order valence-corrected chi connectivity index (χ0v) is 19.9. The van der Waals surface area contributed by atoms with Gasteiger partial charge in [0.1, 0.15) is 11.6 Å². The molecule has 0 radical (unpaired) electrons. The number of fused-ring (bicyclic) bond motifs is 7. The predicted octanol–water partition coefficient (Wildman–Crippen LogP) is 2.88. The number of sulfonamides is 1. The molecule has 1 spiro atoms. The molecular weight excluding hydrogens is 454 g/mol. The van der Waals surface area contributed by atoms with Crippen LogP contribution in [0.25, 0.3) is 0 Å². The van der Waals surface area contributed by atoms with Crippen molar-refractivity contribution in [3.05, 3.63) is 42.0 Å². The van der Waals surface area contributed by atoms with Gasteiger partial charge in [0.2, 0.25) is 10.0 Å². The van der Waals surface area contributed by atoms with Crippen molar-refractivity contribution >= 4 is 38.9 Å². The summed E-state index contributed by atoms with van der Waals surface area (Å²) in [4.78, 5) is 20.1. The number of pyridine rings is 1. The Morgan fingerprint density at radius 1 is 1.18 bits per heavy atom. The third-order valence-corrected chi connectivity index (χ3v) is 8.59. The average Bonchev–Trinajstić information content (AvgIpc) is 3.57. The van der Waals surface area contributed by atoms with Gasteiger partial charge in [0.15, 0.2) is 0 Å². The maximum absolute atomic E-state index is 13.3. The number of hydrogen-bond acceptors (Lipinski definition) is 7. The Bertz CT molecular complexity index is 1180. The van der Waals surface area contributed by atoms with Crippen LogP contribution in [0.2, 0.25) is 0 Å². The highest BCUT2D eigenvalue weighted by Crippen LogP contribution is 2.58. The summed E-state index contributed by atoms with van der Waals surface area (Å²) in [5.74, 6) is 1.05. The van der Waals surface area contributed by atoms with Crippen LogP contribution in [0.15, 0.2) is 36.4 Å². The van der Waals surface area contributed by atoms with Crippen molar-refractivity contribution in [1.82, 2.24) is 4.98 Å². The minimum absolute atomic E-state index is 0.287. The van der Waals surface area contributed by atoms with E-state index in [4.69, 9.17) is 5.11 Å². The molecule has 10 heteroatoms. The molecule has 1 saturated heterocycles. The van der Waals surface area contributed by atoms with E-state index in [2.05, 4.69) is 25.2 Å². The zero-order chi connectivity index (χ0) is 23.8. The fraction of sp³-hybridized carbons (Fsp3) is 0.500. The van der Waals surface area contributed by atoms with Gasteiger partial charge in [-0.1, -0.05) is 6.07 Å². The van der Waals surface area contributed by atoms with Crippen LogP contribution in [0, 0.1) is 11.3 Å². The van der Waals surface area contributed by atoms with Gasteiger partial charge in [-0.05, 0) is 73.8 Å². The summed E-state index contributed by atoms with van der Waals surface area (Å²) < 4.78 is 27.0. The van der Waals surface area contributed by atoms with Crippen molar-refractivity contribution in [1.29, 1.82) is 0 Å². The maximum Gasteiger partial charge on any atom is 0.258 e. The highest BCUT2D eigenvalue weighted by atomic mass is 32.2. The Balaban J connectivity index is 1.52. The van der Waals surface area contributed by atoms with E-state index in [1.54, 1.807) is 24.3 Å². The molecule has 1 aromatic carbocycles. The number of anilines is 4. The second-order valence-electron chi connectivity index (χ2n) is 9.56. The molecule has 1 saturated carbocycles. The number of piperidine rings is 1. The first kappa shape index (κ1) is 22.9. The molecule has 2 fully saturated rings. The summed E-state index contributed by atoms with van der Waals surface area (Å²) in [6.45, 7) is 2.04. The number of benzene rings is 1. The molecular formula is C24H31N5O4S. The van der Waals surface area contributed by atoms with Crippen LogP contribution in [-0.4, -0.2) is 56.4 Å². The molecule has 1 atom stereocenters. The van der Waals surface area contributed by atoms with E-state index in [1.807, 2.05) is 12.1 Å². The first-order valence-electron chi connectivity index (χ1n) is 11.9. The van der Waals surface area contributed by atoms with Crippen molar-refractivity contribution in [3.8, 4) is 0 Å². The van der Waals surface area contributed by atoms with Crippen LogP contribution in [0.5, 0.6) is 0 Å². The van der Waals surface area contributed by atoms with Crippen LogP contribution < -0.4 is 20.3 Å². The first-order valence-corrected chi connectivity index (χ1v) is 13.6. The number of nitrogens with one attached hydrogen (secondary N) is 3. The number of amides is 1. The molecule has 1 unspecified atom stereocenters. The molecule has 4 N–H and O–H groups in total. The molecule has 182 valence electrons. The van der Waals surface area contributed by atoms with Crippen LogP contribution in [-0.2, 0) is 10.0 Å². The van der Waals surface area contributed by atoms with Gasteiger partial charge in [-0.15, -0.1) is 0 Å². The summed E-state index contributed by atoms with van der Waals surface area (Å²) in [7, 11) is -3.67. The van der Waals surface area contributed by atoms with Crippen molar-refractivity contribution in [2.45, 2.75) is 32.1 Å². The SMILES string of the molecule is O=C1Nc2cccc(n2)NCCCC2CN(CCC23CC3)c2cc(NS(=O)(=O)CCO)ccc21. The van der Waals surface area contributed by atoms with Gasteiger partial charge in [0.25, 0.3) is 5.91 Å². The second-order valence-corrected chi connectivity index (χ2v) is 11.4. The Labute approximate surface area is 200 Å². The summed E-state index contributed by atoms with van der Waals surface area (Å²) in [6, 6.07) is 10.5. The number of aliphatic hydroxyl groups is 1. The lowest BCUT2D eigenvalue weighted by Crippen LogP contribution is -2.42.